The van der Waals surface area contributed by atoms with Crippen LogP contribution in [0, 0.1) is 0 Å². The molecule has 0 spiro atoms. The number of carbonyl (C=O) groups is 1. The average molecular weight is 360 g/mol. The Bertz CT molecular complexity index is 816. The molecule has 0 unspecified atom stereocenters. The van der Waals surface area contributed by atoms with Gasteiger partial charge in [0.1, 0.15) is 0 Å². The normalized spacial score (nSPS) is 11.4. The van der Waals surface area contributed by atoms with Crippen molar-refractivity contribution in [1.82, 2.24) is 5.32 Å². The van der Waals surface area contributed by atoms with E-state index >= 15 is 0 Å². The number of sulfonamides is 1. The predicted octanol–water partition coefficient (Wildman–Crippen LogP) is 3.43. The summed E-state index contributed by atoms with van der Waals surface area (Å²) in [6.07, 6.45) is 1.70. The summed E-state index contributed by atoms with van der Waals surface area (Å²) in [5.41, 5.74) is 0.889. The molecular weight excluding hydrogens is 336 g/mol. The molecule has 2 rings (SSSR count). The van der Waals surface area contributed by atoms with E-state index in [1.165, 1.54) is 11.4 Å². The Morgan fingerprint density at radius 2 is 1.68 bits per heavy atom. The predicted molar refractivity (Wildman–Crippen MR) is 100 cm³/mol. The first-order valence-electron chi connectivity index (χ1n) is 8.35. The number of rotatable bonds is 7. The van der Waals surface area contributed by atoms with Crippen molar-refractivity contribution in [3.05, 3.63) is 60.2 Å². The van der Waals surface area contributed by atoms with Crippen molar-refractivity contribution in [3.63, 3.8) is 0 Å². The molecule has 0 radical (unpaired) electrons. The first-order chi connectivity index (χ1) is 11.9. The summed E-state index contributed by atoms with van der Waals surface area (Å²) in [6, 6.07) is 15.0. The number of amides is 1. The van der Waals surface area contributed by atoms with Crippen LogP contribution in [0.4, 0.5) is 5.69 Å². The molecule has 6 heteroatoms. The minimum atomic E-state index is -3.67. The number of hydrogen-bond acceptors (Lipinski definition) is 3. The van der Waals surface area contributed by atoms with Crippen molar-refractivity contribution in [2.45, 2.75) is 37.6 Å². The molecule has 1 N–H and O–H groups in total. The number of anilines is 1. The van der Waals surface area contributed by atoms with Gasteiger partial charge in [0.25, 0.3) is 15.9 Å². The highest BCUT2D eigenvalue weighted by molar-refractivity contribution is 7.92. The number of hydrogen-bond donors (Lipinski definition) is 1. The van der Waals surface area contributed by atoms with E-state index in [1.54, 1.807) is 54.6 Å². The maximum Gasteiger partial charge on any atom is 0.264 e. The van der Waals surface area contributed by atoms with Gasteiger partial charge in [0, 0.05) is 18.7 Å². The molecule has 25 heavy (non-hydrogen) atoms. The molecule has 2 aromatic rings. The van der Waals surface area contributed by atoms with E-state index in [-0.39, 0.29) is 16.8 Å². The van der Waals surface area contributed by atoms with E-state index in [4.69, 9.17) is 0 Å². The van der Waals surface area contributed by atoms with Crippen LogP contribution in [0.2, 0.25) is 0 Å². The molecule has 134 valence electrons. The molecule has 0 aliphatic heterocycles. The Morgan fingerprint density at radius 1 is 1.04 bits per heavy atom. The Hall–Kier alpha value is -2.34. The van der Waals surface area contributed by atoms with Crippen LogP contribution in [0.3, 0.4) is 0 Å². The highest BCUT2D eigenvalue weighted by Gasteiger charge is 2.21. The Labute approximate surface area is 149 Å². The summed E-state index contributed by atoms with van der Waals surface area (Å²) in [6.45, 7) is 4.04. The summed E-state index contributed by atoms with van der Waals surface area (Å²) >= 11 is 0. The van der Waals surface area contributed by atoms with Crippen molar-refractivity contribution in [2.75, 3.05) is 11.4 Å². The molecule has 0 atom stereocenters. The average Bonchev–Trinajstić information content (AvgIpc) is 2.66. The van der Waals surface area contributed by atoms with Gasteiger partial charge >= 0.3 is 0 Å². The number of benzene rings is 2. The van der Waals surface area contributed by atoms with Gasteiger partial charge in [0.2, 0.25) is 0 Å². The lowest BCUT2D eigenvalue weighted by Gasteiger charge is -2.20. The molecule has 0 heterocycles. The molecule has 0 aromatic heterocycles. The van der Waals surface area contributed by atoms with Gasteiger partial charge in [-0.2, -0.15) is 0 Å². The molecular formula is C19H24N2O3S. The lowest BCUT2D eigenvalue weighted by Crippen LogP contribution is -2.34. The zero-order chi connectivity index (χ0) is 18.4. The van der Waals surface area contributed by atoms with E-state index in [0.29, 0.717) is 11.3 Å². The summed E-state index contributed by atoms with van der Waals surface area (Å²) in [4.78, 5) is 12.6. The third-order valence-electron chi connectivity index (χ3n) is 4.19. The third kappa shape index (κ3) is 4.39. The van der Waals surface area contributed by atoms with E-state index in [9.17, 15) is 13.2 Å². The second-order valence-corrected chi connectivity index (χ2v) is 7.79. The minimum absolute atomic E-state index is 0.113. The topological polar surface area (TPSA) is 66.5 Å². The maximum absolute atomic E-state index is 12.7. The quantitative estimate of drug-likeness (QED) is 0.822. The molecule has 0 fully saturated rings. The highest BCUT2D eigenvalue weighted by atomic mass is 32.2. The lowest BCUT2D eigenvalue weighted by molar-refractivity contribution is 0.0935. The van der Waals surface area contributed by atoms with Gasteiger partial charge in [-0.25, -0.2) is 8.42 Å². The van der Waals surface area contributed by atoms with E-state index in [0.717, 1.165) is 12.8 Å². The summed E-state index contributed by atoms with van der Waals surface area (Å²) in [7, 11) is -2.18. The van der Waals surface area contributed by atoms with Crippen LogP contribution in [0.1, 0.15) is 37.0 Å². The molecule has 1 amide bonds. The Morgan fingerprint density at radius 3 is 2.28 bits per heavy atom. The fraction of sp³-hybridized carbons (Fsp3) is 0.316. The van der Waals surface area contributed by atoms with Crippen LogP contribution in [0.25, 0.3) is 0 Å². The van der Waals surface area contributed by atoms with Gasteiger partial charge in [-0.15, -0.1) is 0 Å². The van der Waals surface area contributed by atoms with Gasteiger partial charge < -0.3 is 5.32 Å². The molecule has 0 saturated carbocycles. The Balaban J connectivity index is 2.27. The fourth-order valence-electron chi connectivity index (χ4n) is 2.49. The largest absolute Gasteiger partial charge is 0.349 e. The zero-order valence-corrected chi connectivity index (χ0v) is 15.6. The van der Waals surface area contributed by atoms with Crippen molar-refractivity contribution in [3.8, 4) is 0 Å². The summed E-state index contributed by atoms with van der Waals surface area (Å²) < 4.78 is 26.6. The van der Waals surface area contributed by atoms with Crippen LogP contribution in [0.5, 0.6) is 0 Å². The summed E-state index contributed by atoms with van der Waals surface area (Å²) in [5.74, 6) is -0.193. The van der Waals surface area contributed by atoms with Gasteiger partial charge in [-0.05, 0) is 43.2 Å². The zero-order valence-electron chi connectivity index (χ0n) is 14.8. The number of carbonyl (C=O) groups excluding carboxylic acids is 1. The van der Waals surface area contributed by atoms with Crippen LogP contribution in [-0.4, -0.2) is 27.4 Å². The van der Waals surface area contributed by atoms with Crippen LogP contribution >= 0.6 is 0 Å². The van der Waals surface area contributed by atoms with Crippen LogP contribution in [0.15, 0.2) is 59.5 Å². The fourth-order valence-corrected chi connectivity index (χ4v) is 3.70. The van der Waals surface area contributed by atoms with Crippen molar-refractivity contribution in [1.29, 1.82) is 0 Å². The molecule has 0 bridgehead atoms. The smallest absolute Gasteiger partial charge is 0.264 e. The monoisotopic (exact) mass is 360 g/mol. The van der Waals surface area contributed by atoms with Gasteiger partial charge in [-0.3, -0.25) is 9.10 Å². The molecule has 5 nitrogen and oxygen atoms in total. The van der Waals surface area contributed by atoms with E-state index in [1.807, 2.05) is 13.8 Å². The van der Waals surface area contributed by atoms with Gasteiger partial charge in [0.15, 0.2) is 0 Å². The third-order valence-corrected chi connectivity index (χ3v) is 5.99. The van der Waals surface area contributed by atoms with Gasteiger partial charge in [0.05, 0.1) is 10.6 Å². The molecule has 0 aliphatic rings. The highest BCUT2D eigenvalue weighted by Crippen LogP contribution is 2.22. The first-order valence-corrected chi connectivity index (χ1v) is 9.79. The number of nitrogens with one attached hydrogen (secondary N) is 1. The van der Waals surface area contributed by atoms with Crippen molar-refractivity contribution < 1.29 is 13.2 Å². The maximum atomic E-state index is 12.7. The molecule has 0 saturated heterocycles. The van der Waals surface area contributed by atoms with Crippen LogP contribution < -0.4 is 9.62 Å². The summed E-state index contributed by atoms with van der Waals surface area (Å²) in [5, 5.41) is 2.96. The SMILES string of the molecule is CCC(CC)NC(=O)c1cccc(N(C)S(=O)(=O)c2ccccc2)c1. The van der Waals surface area contributed by atoms with Crippen molar-refractivity contribution in [2.24, 2.45) is 0 Å². The van der Waals surface area contributed by atoms with E-state index < -0.39 is 10.0 Å². The minimum Gasteiger partial charge on any atom is -0.349 e. The first kappa shape index (κ1) is 19.0. The van der Waals surface area contributed by atoms with E-state index in [2.05, 4.69) is 5.32 Å². The second kappa shape index (κ2) is 8.16. The van der Waals surface area contributed by atoms with Gasteiger partial charge in [-0.1, -0.05) is 38.1 Å². The molecule has 2 aromatic carbocycles. The Kier molecular flexibility index (Phi) is 6.20. The molecule has 0 aliphatic carbocycles. The standard InChI is InChI=1S/C19H24N2O3S/c1-4-16(5-2)20-19(22)15-10-9-11-17(14-15)21(3)25(23,24)18-12-7-6-8-13-18/h6-14,16H,4-5H2,1-3H3,(H,20,22). The second-order valence-electron chi connectivity index (χ2n) is 5.82. The van der Waals surface area contributed by atoms with Crippen molar-refractivity contribution >= 4 is 21.6 Å². The van der Waals surface area contributed by atoms with Crippen LogP contribution in [-0.2, 0) is 10.0 Å². The lowest BCUT2D eigenvalue weighted by atomic mass is 10.1. The number of nitrogens with zero attached hydrogens (tertiary/aromatic N) is 1.